The summed E-state index contributed by atoms with van der Waals surface area (Å²) in [5.41, 5.74) is 0. The van der Waals surface area contributed by atoms with E-state index in [4.69, 9.17) is 0 Å². The third-order valence-electron chi connectivity index (χ3n) is 4.68. The summed E-state index contributed by atoms with van der Waals surface area (Å²) in [4.78, 5) is 2.93. The fraction of sp³-hybridized carbons (Fsp3) is 0.250. The quantitative estimate of drug-likeness (QED) is 0.242. The van der Waals surface area contributed by atoms with E-state index < -0.39 is 0 Å². The molecule has 0 N–H and O–H groups in total. The van der Waals surface area contributed by atoms with Crippen LogP contribution in [0.2, 0.25) is 0 Å². The van der Waals surface area contributed by atoms with Gasteiger partial charge in [0.25, 0.3) is 0 Å². The van der Waals surface area contributed by atoms with Gasteiger partial charge in [-0.2, -0.15) is 0 Å². The predicted octanol–water partition coefficient (Wildman–Crippen LogP) is 9.07. The molecule has 0 fully saturated rings. The summed E-state index contributed by atoms with van der Waals surface area (Å²) < 4.78 is 5.92. The number of hydrogen-bond acceptors (Lipinski definition) is 6. The molecule has 2 aliphatic heterocycles. The van der Waals surface area contributed by atoms with Gasteiger partial charge in [0, 0.05) is 9.81 Å². The lowest BCUT2D eigenvalue weighted by Gasteiger charge is -2.18. The molecule has 0 amide bonds. The van der Waals surface area contributed by atoms with E-state index in [2.05, 4.69) is 92.5 Å². The van der Waals surface area contributed by atoms with Gasteiger partial charge < -0.3 is 0 Å². The van der Waals surface area contributed by atoms with Crippen molar-refractivity contribution in [1.29, 1.82) is 0 Å². The van der Waals surface area contributed by atoms with Crippen LogP contribution in [0.5, 0.6) is 0 Å². The van der Waals surface area contributed by atoms with E-state index in [-0.39, 0.29) is 7.92 Å². The van der Waals surface area contributed by atoms with E-state index in [9.17, 15) is 0 Å². The number of benzene rings is 2. The van der Waals surface area contributed by atoms with Gasteiger partial charge in [-0.15, -0.1) is 23.5 Å². The molecule has 162 valence electrons. The zero-order valence-corrected chi connectivity index (χ0v) is 23.6. The molecule has 0 saturated carbocycles. The molecule has 0 atom stereocenters. The van der Waals surface area contributed by atoms with Crippen molar-refractivity contribution in [2.24, 2.45) is 0 Å². The summed E-state index contributed by atoms with van der Waals surface area (Å²) in [6.07, 6.45) is 4.68. The fourth-order valence-corrected chi connectivity index (χ4v) is 13.8. The van der Waals surface area contributed by atoms with E-state index >= 15 is 0 Å². The van der Waals surface area contributed by atoms with Crippen LogP contribution in [0.4, 0.5) is 0 Å². The van der Waals surface area contributed by atoms with Crippen molar-refractivity contribution in [3.63, 3.8) is 0 Å². The first-order chi connectivity index (χ1) is 15.2. The van der Waals surface area contributed by atoms with Crippen LogP contribution in [0.3, 0.4) is 0 Å². The third-order valence-corrected chi connectivity index (χ3v) is 16.0. The van der Waals surface area contributed by atoms with Crippen LogP contribution in [-0.2, 0) is 0 Å². The topological polar surface area (TPSA) is 0 Å². The van der Waals surface area contributed by atoms with Crippen molar-refractivity contribution in [3.05, 3.63) is 87.4 Å². The minimum atomic E-state index is -0.279. The molecule has 0 saturated heterocycles. The van der Waals surface area contributed by atoms with Crippen molar-refractivity contribution in [2.75, 3.05) is 18.2 Å². The second kappa shape index (κ2) is 12.1. The van der Waals surface area contributed by atoms with Crippen molar-refractivity contribution < 1.29 is 0 Å². The standard InChI is InChI=1S/C24H25PS6/c1-17-21(26-3)30-23(28-17)24-29-18(2)22(31-24)27-16-10-15-25(19-11-6-4-7-12-19)20-13-8-5-9-14-20/h4-9,11-14H,10,15-16H2,1-3H3/b24-23-. The maximum Gasteiger partial charge on any atom is 0.0708 e. The maximum atomic E-state index is 2.30. The molecule has 0 aromatic heterocycles. The Labute approximate surface area is 213 Å². The first-order valence-electron chi connectivity index (χ1n) is 10.1. The Bertz CT molecular complexity index is 958. The maximum absolute atomic E-state index is 2.30. The third kappa shape index (κ3) is 6.41. The zero-order chi connectivity index (χ0) is 21.6. The summed E-state index contributed by atoms with van der Waals surface area (Å²) >= 11 is 11.8. The van der Waals surface area contributed by atoms with Gasteiger partial charge in [-0.1, -0.05) is 108 Å². The molecule has 2 heterocycles. The van der Waals surface area contributed by atoms with Crippen LogP contribution in [-0.4, -0.2) is 18.2 Å². The Morgan fingerprint density at radius 2 is 1.23 bits per heavy atom. The highest BCUT2D eigenvalue weighted by Gasteiger charge is 2.27. The van der Waals surface area contributed by atoms with Gasteiger partial charge in [0.1, 0.15) is 0 Å². The molecule has 0 aliphatic carbocycles. The van der Waals surface area contributed by atoms with Gasteiger partial charge in [0.2, 0.25) is 0 Å². The van der Waals surface area contributed by atoms with Crippen LogP contribution in [0.15, 0.2) is 87.4 Å². The lowest BCUT2D eigenvalue weighted by molar-refractivity contribution is 1.12. The Morgan fingerprint density at radius 1 is 0.710 bits per heavy atom. The van der Waals surface area contributed by atoms with Crippen molar-refractivity contribution >= 4 is 89.1 Å². The molecular formula is C24H25PS6. The van der Waals surface area contributed by atoms with Gasteiger partial charge in [0.05, 0.1) is 16.9 Å². The van der Waals surface area contributed by atoms with E-state index in [1.165, 1.54) is 55.7 Å². The van der Waals surface area contributed by atoms with Gasteiger partial charge in [0.15, 0.2) is 0 Å². The van der Waals surface area contributed by atoms with E-state index in [1.807, 2.05) is 58.8 Å². The van der Waals surface area contributed by atoms with Gasteiger partial charge >= 0.3 is 0 Å². The second-order valence-corrected chi connectivity index (χ2v) is 16.7. The van der Waals surface area contributed by atoms with E-state index in [0.717, 1.165) is 0 Å². The first-order valence-corrected chi connectivity index (χ1v) is 17.1. The number of rotatable bonds is 8. The Kier molecular flexibility index (Phi) is 9.46. The Morgan fingerprint density at radius 3 is 1.74 bits per heavy atom. The molecule has 2 aromatic rings. The molecule has 31 heavy (non-hydrogen) atoms. The molecule has 0 nitrogen and oxygen atoms in total. The van der Waals surface area contributed by atoms with E-state index in [0.29, 0.717) is 0 Å². The first kappa shape index (κ1) is 24.3. The minimum Gasteiger partial charge on any atom is -0.122 e. The summed E-state index contributed by atoms with van der Waals surface area (Å²) in [5, 5.41) is 2.98. The lowest BCUT2D eigenvalue weighted by atomic mass is 10.4. The molecule has 2 aliphatic rings. The monoisotopic (exact) mass is 536 g/mol. The zero-order valence-electron chi connectivity index (χ0n) is 17.8. The molecule has 0 bridgehead atoms. The SMILES string of the molecule is CSC1=C(C)S/C(=C2\SC(C)=C(SCCCP(c3ccccc3)c3ccccc3)S2)S1. The van der Waals surface area contributed by atoms with Crippen molar-refractivity contribution in [2.45, 2.75) is 20.3 Å². The molecule has 0 spiro atoms. The summed E-state index contributed by atoms with van der Waals surface area (Å²) in [7, 11) is -0.279. The minimum absolute atomic E-state index is 0.279. The van der Waals surface area contributed by atoms with Gasteiger partial charge in [-0.25, -0.2) is 0 Å². The van der Waals surface area contributed by atoms with Crippen LogP contribution in [0.25, 0.3) is 0 Å². The average molecular weight is 537 g/mol. The van der Waals surface area contributed by atoms with E-state index in [1.54, 1.807) is 0 Å². The normalized spacial score (nSPS) is 19.2. The van der Waals surface area contributed by atoms with Crippen LogP contribution < -0.4 is 10.6 Å². The molecule has 2 aromatic carbocycles. The Balaban J connectivity index is 1.33. The summed E-state index contributed by atoms with van der Waals surface area (Å²) in [6, 6.07) is 22.2. The lowest BCUT2D eigenvalue weighted by Crippen LogP contribution is -2.14. The number of allylic oxidation sites excluding steroid dienone is 2. The van der Waals surface area contributed by atoms with Crippen LogP contribution >= 0.6 is 78.5 Å². The summed E-state index contributed by atoms with van der Waals surface area (Å²) in [6.45, 7) is 4.53. The highest BCUT2D eigenvalue weighted by atomic mass is 32.2. The number of hydrogen-bond donors (Lipinski definition) is 0. The molecule has 4 rings (SSSR count). The van der Waals surface area contributed by atoms with Crippen LogP contribution in [0, 0.1) is 0 Å². The van der Waals surface area contributed by atoms with Crippen molar-refractivity contribution in [1.82, 2.24) is 0 Å². The Hall–Kier alpha value is 0.190. The highest BCUT2D eigenvalue weighted by molar-refractivity contribution is 8.40. The molecule has 0 radical (unpaired) electrons. The molecular weight excluding hydrogens is 512 g/mol. The van der Waals surface area contributed by atoms with Crippen molar-refractivity contribution in [3.8, 4) is 0 Å². The highest BCUT2D eigenvalue weighted by Crippen LogP contribution is 2.62. The molecule has 0 unspecified atom stereocenters. The largest absolute Gasteiger partial charge is 0.122 e. The average Bonchev–Trinajstić information content (AvgIpc) is 3.37. The molecule has 7 heteroatoms. The van der Waals surface area contributed by atoms with Gasteiger partial charge in [-0.3, -0.25) is 0 Å². The second-order valence-electron chi connectivity index (χ2n) is 6.90. The fourth-order valence-electron chi connectivity index (χ4n) is 3.21. The predicted molar refractivity (Wildman–Crippen MR) is 157 cm³/mol. The summed E-state index contributed by atoms with van der Waals surface area (Å²) in [5.74, 6) is 1.19. The van der Waals surface area contributed by atoms with Crippen LogP contribution in [0.1, 0.15) is 20.3 Å². The van der Waals surface area contributed by atoms with Gasteiger partial charge in [-0.05, 0) is 57.0 Å². The number of thioether (sulfide) groups is 6. The smallest absolute Gasteiger partial charge is 0.0708 e.